The van der Waals surface area contributed by atoms with Gasteiger partial charge in [0.25, 0.3) is 5.78 Å². The Labute approximate surface area is 129 Å². The molecule has 2 aromatic heterocycles. The van der Waals surface area contributed by atoms with Crippen molar-refractivity contribution < 1.29 is 17.9 Å². The fourth-order valence-electron chi connectivity index (χ4n) is 1.65. The second-order valence-corrected chi connectivity index (χ2v) is 5.25. The molecule has 0 atom stereocenters. The second-order valence-electron chi connectivity index (χ2n) is 4.01. The van der Waals surface area contributed by atoms with Gasteiger partial charge in [0.2, 0.25) is 5.88 Å². The molecule has 0 fully saturated rings. The van der Waals surface area contributed by atoms with Gasteiger partial charge in [0, 0.05) is 9.64 Å². The van der Waals surface area contributed by atoms with Gasteiger partial charge in [-0.2, -0.15) is 27.8 Å². The SMILES string of the molecule is FC(F)(F)c1cc(Oc2cccc(I)c2)n2ncnc2n1. The molecule has 2 heterocycles. The van der Waals surface area contributed by atoms with Crippen molar-refractivity contribution in [2.24, 2.45) is 0 Å². The minimum Gasteiger partial charge on any atom is -0.439 e. The van der Waals surface area contributed by atoms with Gasteiger partial charge in [-0.15, -0.1) is 0 Å². The zero-order valence-electron chi connectivity index (χ0n) is 10.2. The zero-order chi connectivity index (χ0) is 15.0. The molecule has 0 N–H and O–H groups in total. The molecule has 0 bridgehead atoms. The van der Waals surface area contributed by atoms with Crippen LogP contribution in [0, 0.1) is 3.57 Å². The minimum atomic E-state index is -4.59. The highest BCUT2D eigenvalue weighted by atomic mass is 127. The summed E-state index contributed by atoms with van der Waals surface area (Å²) in [4.78, 5) is 7.08. The zero-order valence-corrected chi connectivity index (χ0v) is 12.3. The van der Waals surface area contributed by atoms with Crippen molar-refractivity contribution in [1.82, 2.24) is 19.6 Å². The van der Waals surface area contributed by atoms with Gasteiger partial charge in [-0.1, -0.05) is 6.07 Å². The van der Waals surface area contributed by atoms with E-state index in [9.17, 15) is 13.2 Å². The largest absolute Gasteiger partial charge is 0.439 e. The number of aromatic nitrogens is 4. The van der Waals surface area contributed by atoms with E-state index in [1.54, 1.807) is 18.2 Å². The van der Waals surface area contributed by atoms with Crippen LogP contribution in [-0.2, 0) is 6.18 Å². The first-order valence-electron chi connectivity index (χ1n) is 5.65. The van der Waals surface area contributed by atoms with E-state index in [0.29, 0.717) is 5.75 Å². The molecule has 0 aliphatic rings. The van der Waals surface area contributed by atoms with Crippen LogP contribution < -0.4 is 4.74 Å². The monoisotopic (exact) mass is 406 g/mol. The van der Waals surface area contributed by atoms with Crippen LogP contribution in [0.15, 0.2) is 36.7 Å². The van der Waals surface area contributed by atoms with E-state index >= 15 is 0 Å². The third kappa shape index (κ3) is 2.91. The molecule has 0 amide bonds. The van der Waals surface area contributed by atoms with Gasteiger partial charge in [-0.25, -0.2) is 4.98 Å². The molecule has 0 saturated heterocycles. The molecule has 0 aliphatic carbocycles. The number of halogens is 4. The maximum atomic E-state index is 12.8. The summed E-state index contributed by atoms with van der Waals surface area (Å²) in [6.45, 7) is 0. The van der Waals surface area contributed by atoms with Crippen molar-refractivity contribution in [1.29, 1.82) is 0 Å². The Bertz CT molecular complexity index is 803. The van der Waals surface area contributed by atoms with Gasteiger partial charge in [0.15, 0.2) is 5.69 Å². The maximum Gasteiger partial charge on any atom is 0.433 e. The van der Waals surface area contributed by atoms with E-state index in [-0.39, 0.29) is 11.7 Å². The third-order valence-corrected chi connectivity index (χ3v) is 3.20. The summed E-state index contributed by atoms with van der Waals surface area (Å²) in [5.41, 5.74) is -1.08. The van der Waals surface area contributed by atoms with Gasteiger partial charge in [0.05, 0.1) is 0 Å². The van der Waals surface area contributed by atoms with Crippen LogP contribution in [0.25, 0.3) is 5.78 Å². The summed E-state index contributed by atoms with van der Waals surface area (Å²) in [6, 6.07) is 7.70. The molecular weight excluding hydrogens is 400 g/mol. The molecule has 0 saturated carbocycles. The lowest BCUT2D eigenvalue weighted by Gasteiger charge is -2.10. The lowest BCUT2D eigenvalue weighted by atomic mass is 10.3. The first kappa shape index (κ1) is 14.0. The number of hydrogen-bond donors (Lipinski definition) is 0. The molecule has 5 nitrogen and oxygen atoms in total. The van der Waals surface area contributed by atoms with Crippen molar-refractivity contribution in [2.75, 3.05) is 0 Å². The van der Waals surface area contributed by atoms with Crippen molar-refractivity contribution in [3.05, 3.63) is 45.9 Å². The third-order valence-electron chi connectivity index (χ3n) is 2.53. The van der Waals surface area contributed by atoms with E-state index in [4.69, 9.17) is 4.74 Å². The molecule has 0 unspecified atom stereocenters. The maximum absolute atomic E-state index is 12.8. The average Bonchev–Trinajstić information content (AvgIpc) is 2.86. The highest BCUT2D eigenvalue weighted by Gasteiger charge is 2.34. The Morgan fingerprint density at radius 3 is 2.71 bits per heavy atom. The lowest BCUT2D eigenvalue weighted by molar-refractivity contribution is -0.141. The van der Waals surface area contributed by atoms with Gasteiger partial charge < -0.3 is 4.74 Å². The predicted octanol–water partition coefficient (Wildman–Crippen LogP) is 3.54. The molecule has 108 valence electrons. The quantitative estimate of drug-likeness (QED) is 0.612. The van der Waals surface area contributed by atoms with Crippen LogP contribution in [0.3, 0.4) is 0 Å². The number of nitrogens with zero attached hydrogens (tertiary/aromatic N) is 4. The first-order chi connectivity index (χ1) is 9.93. The van der Waals surface area contributed by atoms with Crippen molar-refractivity contribution >= 4 is 28.4 Å². The Morgan fingerprint density at radius 1 is 1.19 bits per heavy atom. The predicted molar refractivity (Wildman–Crippen MR) is 75.0 cm³/mol. The number of alkyl halides is 3. The van der Waals surface area contributed by atoms with Crippen molar-refractivity contribution in [3.8, 4) is 11.6 Å². The highest BCUT2D eigenvalue weighted by molar-refractivity contribution is 14.1. The van der Waals surface area contributed by atoms with E-state index in [1.807, 2.05) is 6.07 Å². The van der Waals surface area contributed by atoms with Crippen LogP contribution in [-0.4, -0.2) is 19.6 Å². The molecule has 3 rings (SSSR count). The number of fused-ring (bicyclic) bond motifs is 1. The van der Waals surface area contributed by atoms with E-state index in [0.717, 1.165) is 20.5 Å². The summed E-state index contributed by atoms with van der Waals surface area (Å²) in [5.74, 6) is 0.121. The van der Waals surface area contributed by atoms with Crippen LogP contribution in [0.4, 0.5) is 13.2 Å². The highest BCUT2D eigenvalue weighted by Crippen LogP contribution is 2.31. The summed E-state index contributed by atoms with van der Waals surface area (Å²) in [5, 5.41) is 3.81. The second kappa shape index (κ2) is 5.13. The minimum absolute atomic E-state index is 0.105. The number of ether oxygens (including phenoxy) is 1. The standard InChI is InChI=1S/C12H6F3IN4O/c13-12(14,15)9-5-10(20-11(19-9)17-6-18-20)21-8-3-1-2-7(16)4-8/h1-6H. The summed E-state index contributed by atoms with van der Waals surface area (Å²) in [6.07, 6.45) is -3.47. The Hall–Kier alpha value is -1.91. The van der Waals surface area contributed by atoms with E-state index in [1.165, 1.54) is 0 Å². The Morgan fingerprint density at radius 2 is 2.00 bits per heavy atom. The molecular formula is C12H6F3IN4O. The van der Waals surface area contributed by atoms with Crippen molar-refractivity contribution in [2.45, 2.75) is 6.18 Å². The van der Waals surface area contributed by atoms with Crippen LogP contribution in [0.5, 0.6) is 11.6 Å². The molecule has 21 heavy (non-hydrogen) atoms. The normalized spacial score (nSPS) is 11.8. The first-order valence-corrected chi connectivity index (χ1v) is 6.73. The summed E-state index contributed by atoms with van der Waals surface area (Å²) in [7, 11) is 0. The fourth-order valence-corrected chi connectivity index (χ4v) is 2.17. The Kier molecular flexibility index (Phi) is 3.43. The fraction of sp³-hybridized carbons (Fsp3) is 0.0833. The topological polar surface area (TPSA) is 52.3 Å². The molecule has 3 aromatic rings. The average molecular weight is 406 g/mol. The summed E-state index contributed by atoms with van der Waals surface area (Å²) < 4.78 is 46.0. The molecule has 0 radical (unpaired) electrons. The molecule has 0 spiro atoms. The smallest absolute Gasteiger partial charge is 0.433 e. The molecule has 9 heteroatoms. The van der Waals surface area contributed by atoms with Gasteiger partial charge in [-0.3, -0.25) is 0 Å². The van der Waals surface area contributed by atoms with E-state index < -0.39 is 11.9 Å². The van der Waals surface area contributed by atoms with Crippen LogP contribution in [0.2, 0.25) is 0 Å². The van der Waals surface area contributed by atoms with Crippen LogP contribution >= 0.6 is 22.6 Å². The van der Waals surface area contributed by atoms with Gasteiger partial charge in [0.1, 0.15) is 12.1 Å². The molecule has 1 aromatic carbocycles. The Balaban J connectivity index is 2.10. The lowest BCUT2D eigenvalue weighted by Crippen LogP contribution is -2.10. The summed E-state index contributed by atoms with van der Waals surface area (Å²) >= 11 is 2.08. The number of benzene rings is 1. The number of rotatable bonds is 2. The number of hydrogen-bond acceptors (Lipinski definition) is 4. The van der Waals surface area contributed by atoms with Gasteiger partial charge >= 0.3 is 6.18 Å². The molecule has 0 aliphatic heterocycles. The van der Waals surface area contributed by atoms with Gasteiger partial charge in [-0.05, 0) is 40.8 Å². The van der Waals surface area contributed by atoms with Crippen LogP contribution in [0.1, 0.15) is 5.69 Å². The van der Waals surface area contributed by atoms with E-state index in [2.05, 4.69) is 37.7 Å². The van der Waals surface area contributed by atoms with Crippen molar-refractivity contribution in [3.63, 3.8) is 0 Å².